The minimum Gasteiger partial charge on any atom is -1.00 e. The smallest absolute Gasteiger partial charge is 0.210 e. The topological polar surface area (TPSA) is 7.76 Å². The van der Waals surface area contributed by atoms with E-state index in [2.05, 4.69) is 148 Å². The Bertz CT molecular complexity index is 1120. The van der Waals surface area contributed by atoms with Crippen LogP contribution < -0.4 is 33.9 Å². The second kappa shape index (κ2) is 10.7. The molecule has 0 bridgehead atoms. The summed E-state index contributed by atoms with van der Waals surface area (Å²) in [4.78, 5) is 0. The van der Waals surface area contributed by atoms with E-state index in [0.29, 0.717) is 0 Å². The van der Waals surface area contributed by atoms with Gasteiger partial charge < -0.3 is 24.8 Å². The predicted molar refractivity (Wildman–Crippen MR) is 132 cm³/mol. The van der Waals surface area contributed by atoms with Gasteiger partial charge in [-0.15, -0.1) is 0 Å². The van der Waals surface area contributed by atoms with E-state index in [1.807, 2.05) is 0 Å². The fourth-order valence-electron chi connectivity index (χ4n) is 3.85. The number of rotatable bonds is 3. The Labute approximate surface area is 217 Å². The molecule has 0 saturated heterocycles. The van der Waals surface area contributed by atoms with Crippen molar-refractivity contribution in [2.24, 2.45) is 0 Å². The van der Waals surface area contributed by atoms with Crippen molar-refractivity contribution < 1.29 is 33.9 Å². The molecule has 4 heteroatoms. The largest absolute Gasteiger partial charge is 1.00 e. The number of nitrogens with zero attached hydrogens (tertiary/aromatic N) is 2. The van der Waals surface area contributed by atoms with Crippen LogP contribution in [0.3, 0.4) is 0 Å². The lowest BCUT2D eigenvalue weighted by molar-refractivity contribution is -0.596. The maximum atomic E-state index is 2.27. The third kappa shape index (κ3) is 6.25. The maximum absolute atomic E-state index is 2.27. The van der Waals surface area contributed by atoms with Crippen molar-refractivity contribution in [2.75, 3.05) is 0 Å². The first kappa shape index (κ1) is 27.6. The van der Waals surface area contributed by atoms with Gasteiger partial charge in [-0.2, -0.15) is 9.13 Å². The van der Waals surface area contributed by atoms with Crippen molar-refractivity contribution in [1.29, 1.82) is 0 Å². The van der Waals surface area contributed by atoms with E-state index in [-0.39, 0.29) is 35.6 Å². The van der Waals surface area contributed by atoms with Gasteiger partial charge in [-0.1, -0.05) is 65.8 Å². The first-order chi connectivity index (χ1) is 15.1. The number of benzene rings is 2. The molecule has 0 atom stereocenters. The third-order valence-corrected chi connectivity index (χ3v) is 6.01. The molecule has 0 N–H and O–H groups in total. The monoisotopic (exact) mass is 492 g/mol. The second-order valence-electron chi connectivity index (χ2n) is 10.6. The van der Waals surface area contributed by atoms with Crippen molar-refractivity contribution >= 4 is 0 Å². The fraction of sp³-hybridized carbons (Fsp3) is 0.267. The van der Waals surface area contributed by atoms with Gasteiger partial charge in [-0.3, -0.25) is 0 Å². The Morgan fingerprint density at radius 3 is 1.09 bits per heavy atom. The van der Waals surface area contributed by atoms with E-state index >= 15 is 0 Å². The summed E-state index contributed by atoms with van der Waals surface area (Å²) >= 11 is 0. The molecule has 0 amide bonds. The average Bonchev–Trinajstić information content (AvgIpc) is 2.78. The predicted octanol–water partition coefficient (Wildman–Crippen LogP) is 0.510. The van der Waals surface area contributed by atoms with Crippen LogP contribution in [0, 0.1) is 0 Å². The Morgan fingerprint density at radius 2 is 0.794 bits per heavy atom. The summed E-state index contributed by atoms with van der Waals surface area (Å²) in [5, 5.41) is 0. The Hall–Kier alpha value is -2.68. The van der Waals surface area contributed by atoms with Crippen LogP contribution in [0.2, 0.25) is 0 Å². The van der Waals surface area contributed by atoms with Gasteiger partial charge in [0.15, 0.2) is 24.8 Å². The molecule has 2 nitrogen and oxygen atoms in total. The molecule has 178 valence electrons. The van der Waals surface area contributed by atoms with E-state index in [4.69, 9.17) is 0 Å². The summed E-state index contributed by atoms with van der Waals surface area (Å²) < 4.78 is 4.36. The molecule has 0 saturated carbocycles. The highest BCUT2D eigenvalue weighted by atomic mass is 35.5. The summed E-state index contributed by atoms with van der Waals surface area (Å²) in [7, 11) is 0. The van der Waals surface area contributed by atoms with Crippen LogP contribution in [0.25, 0.3) is 22.5 Å². The van der Waals surface area contributed by atoms with Gasteiger partial charge >= 0.3 is 0 Å². The molecule has 0 aliphatic rings. The fourth-order valence-corrected chi connectivity index (χ4v) is 3.85. The zero-order valence-corrected chi connectivity index (χ0v) is 22.4. The van der Waals surface area contributed by atoms with Crippen LogP contribution in [0.1, 0.15) is 52.7 Å². The highest BCUT2D eigenvalue weighted by Gasteiger charge is 2.18. The summed E-state index contributed by atoms with van der Waals surface area (Å²) in [6.07, 6.45) is 8.58. The molecular formula is C30H34Cl2N2. The molecule has 2 heterocycles. The number of halogens is 2. The quantitative estimate of drug-likeness (QED) is 0.368. The van der Waals surface area contributed by atoms with Crippen molar-refractivity contribution in [3.05, 3.63) is 109 Å². The van der Waals surface area contributed by atoms with Crippen LogP contribution in [0.5, 0.6) is 0 Å². The molecular weight excluding hydrogens is 459 g/mol. The lowest BCUT2D eigenvalue weighted by Crippen LogP contribution is -3.00. The average molecular weight is 494 g/mol. The van der Waals surface area contributed by atoms with Crippen LogP contribution in [0.15, 0.2) is 97.6 Å². The van der Waals surface area contributed by atoms with Gasteiger partial charge in [-0.05, 0) is 33.1 Å². The molecule has 4 aromatic rings. The van der Waals surface area contributed by atoms with Gasteiger partial charge in [0, 0.05) is 48.5 Å². The van der Waals surface area contributed by atoms with E-state index in [1.54, 1.807) is 0 Å². The highest BCUT2D eigenvalue weighted by molar-refractivity contribution is 5.61. The molecule has 2 aromatic carbocycles. The van der Waals surface area contributed by atoms with Crippen molar-refractivity contribution in [3.8, 4) is 22.5 Å². The summed E-state index contributed by atoms with van der Waals surface area (Å²) in [5.41, 5.74) is 7.77. The second-order valence-corrected chi connectivity index (χ2v) is 10.6. The first-order valence-corrected chi connectivity index (χ1v) is 11.4. The number of hydrogen-bond acceptors (Lipinski definition) is 0. The number of pyridine rings is 2. The zero-order valence-electron chi connectivity index (χ0n) is 20.9. The molecule has 0 unspecified atom stereocenters. The van der Waals surface area contributed by atoms with Gasteiger partial charge in [0.2, 0.25) is 11.4 Å². The Kier molecular flexibility index (Phi) is 8.69. The standard InChI is InChI=1S/C30H34N2.2ClH/c1-29(2,3)25-9-7-11-27(21-25)31-17-13-23(14-18-31)24-15-19-32(20-16-24)28-12-8-10-26(22-28)30(4,5)6;;/h7-22H,1-6H3;2*1H/q+2;;/p-2. The van der Waals surface area contributed by atoms with Crippen LogP contribution in [0.4, 0.5) is 0 Å². The molecule has 4 rings (SSSR count). The van der Waals surface area contributed by atoms with Crippen LogP contribution >= 0.6 is 0 Å². The summed E-state index contributed by atoms with van der Waals surface area (Å²) in [6, 6.07) is 26.3. The van der Waals surface area contributed by atoms with Crippen LogP contribution in [-0.2, 0) is 10.8 Å². The lowest BCUT2D eigenvalue weighted by atomic mass is 9.87. The Balaban J connectivity index is 0.00000204. The molecule has 0 spiro atoms. The van der Waals surface area contributed by atoms with E-state index in [0.717, 1.165) is 0 Å². The van der Waals surface area contributed by atoms with Crippen LogP contribution in [-0.4, -0.2) is 0 Å². The molecule has 2 aromatic heterocycles. The number of aromatic nitrogens is 2. The summed E-state index contributed by atoms with van der Waals surface area (Å²) in [5.74, 6) is 0. The lowest BCUT2D eigenvalue weighted by Gasteiger charge is -2.18. The van der Waals surface area contributed by atoms with Gasteiger partial charge in [0.05, 0.1) is 0 Å². The molecule has 34 heavy (non-hydrogen) atoms. The normalized spacial score (nSPS) is 11.4. The van der Waals surface area contributed by atoms with Crippen molar-refractivity contribution in [1.82, 2.24) is 0 Å². The minimum absolute atomic E-state index is 0. The Morgan fingerprint density at radius 1 is 0.471 bits per heavy atom. The molecule has 0 aliphatic heterocycles. The molecule has 0 fully saturated rings. The van der Waals surface area contributed by atoms with Gasteiger partial charge in [-0.25, -0.2) is 0 Å². The van der Waals surface area contributed by atoms with E-state index in [9.17, 15) is 0 Å². The van der Waals surface area contributed by atoms with Gasteiger partial charge in [0.1, 0.15) is 0 Å². The third-order valence-electron chi connectivity index (χ3n) is 6.01. The number of hydrogen-bond donors (Lipinski definition) is 0. The van der Waals surface area contributed by atoms with Crippen molar-refractivity contribution in [3.63, 3.8) is 0 Å². The van der Waals surface area contributed by atoms with Gasteiger partial charge in [0.25, 0.3) is 0 Å². The van der Waals surface area contributed by atoms with E-state index < -0.39 is 0 Å². The molecule has 0 aliphatic carbocycles. The van der Waals surface area contributed by atoms with Crippen molar-refractivity contribution in [2.45, 2.75) is 52.4 Å². The highest BCUT2D eigenvalue weighted by Crippen LogP contribution is 2.24. The minimum atomic E-state index is 0. The molecule has 0 radical (unpaired) electrons. The van der Waals surface area contributed by atoms with E-state index in [1.165, 1.54) is 33.6 Å². The summed E-state index contributed by atoms with van der Waals surface area (Å²) in [6.45, 7) is 13.5. The SMILES string of the molecule is CC(C)(C)c1cccc(-[n+]2ccc(-c3cc[n+](-c4cccc(C(C)(C)C)c4)cc3)cc2)c1.[Cl-].[Cl-]. The zero-order chi connectivity index (χ0) is 22.9. The first-order valence-electron chi connectivity index (χ1n) is 11.4. The maximum Gasteiger partial charge on any atom is 0.210 e.